The van der Waals surface area contributed by atoms with Crippen LogP contribution in [0.1, 0.15) is 28.8 Å². The topological polar surface area (TPSA) is 108 Å². The minimum absolute atomic E-state index is 0.219. The highest BCUT2D eigenvalue weighted by atomic mass is 32.2. The summed E-state index contributed by atoms with van der Waals surface area (Å²) in [5.74, 6) is -0.867. The molecule has 0 saturated carbocycles. The van der Waals surface area contributed by atoms with Gasteiger partial charge in [-0.2, -0.15) is 4.31 Å². The van der Waals surface area contributed by atoms with Crippen LogP contribution in [-0.4, -0.2) is 48.9 Å². The fourth-order valence-electron chi connectivity index (χ4n) is 4.06. The third-order valence-corrected chi connectivity index (χ3v) is 8.78. The van der Waals surface area contributed by atoms with E-state index in [1.165, 1.54) is 4.31 Å². The Balaban J connectivity index is 1.35. The van der Waals surface area contributed by atoms with E-state index in [1.54, 1.807) is 78.8 Å². The van der Waals surface area contributed by atoms with Crippen molar-refractivity contribution in [3.8, 4) is 0 Å². The Bertz CT molecular complexity index is 1310. The van der Waals surface area contributed by atoms with Gasteiger partial charge in [0.05, 0.1) is 16.1 Å². The van der Waals surface area contributed by atoms with Gasteiger partial charge in [0.1, 0.15) is 0 Å². The number of thioether (sulfide) groups is 1. The number of carbonyl (C=O) groups excluding carboxylic acids is 2. The summed E-state index contributed by atoms with van der Waals surface area (Å²) < 4.78 is 27.5. The van der Waals surface area contributed by atoms with Gasteiger partial charge in [-0.3, -0.25) is 14.6 Å². The van der Waals surface area contributed by atoms with Crippen LogP contribution in [0, 0.1) is 5.92 Å². The summed E-state index contributed by atoms with van der Waals surface area (Å²) in [6, 6.07) is 17.3. The molecule has 2 amide bonds. The van der Waals surface area contributed by atoms with Gasteiger partial charge >= 0.3 is 0 Å². The zero-order valence-electron chi connectivity index (χ0n) is 19.9. The third kappa shape index (κ3) is 6.13. The van der Waals surface area contributed by atoms with Gasteiger partial charge in [-0.15, -0.1) is 11.8 Å². The molecule has 0 aliphatic carbocycles. The molecule has 2 heterocycles. The molecule has 1 fully saturated rings. The number of nitrogens with one attached hydrogen (secondary N) is 2. The van der Waals surface area contributed by atoms with Crippen LogP contribution in [0.25, 0.3) is 0 Å². The summed E-state index contributed by atoms with van der Waals surface area (Å²) in [6.07, 6.45) is 6.10. The Morgan fingerprint density at radius 2 is 1.75 bits per heavy atom. The molecule has 0 spiro atoms. The SMILES string of the molecule is CSc1ccc(S(=O)(=O)N2CCC(C(=O)Nc3ccccc3C(=O)NCc3cccnc3)CC2)cc1. The fourth-order valence-corrected chi connectivity index (χ4v) is 5.94. The average molecular weight is 525 g/mol. The Labute approximate surface area is 215 Å². The minimum Gasteiger partial charge on any atom is -0.348 e. The van der Waals surface area contributed by atoms with E-state index in [0.717, 1.165) is 10.5 Å². The zero-order chi connectivity index (χ0) is 25.5. The van der Waals surface area contributed by atoms with E-state index in [2.05, 4.69) is 15.6 Å². The first kappa shape index (κ1) is 25.9. The maximum atomic E-state index is 13.0. The van der Waals surface area contributed by atoms with E-state index in [1.807, 2.05) is 12.3 Å². The largest absolute Gasteiger partial charge is 0.348 e. The van der Waals surface area contributed by atoms with Crippen molar-refractivity contribution in [3.63, 3.8) is 0 Å². The molecule has 8 nitrogen and oxygen atoms in total. The molecule has 0 unspecified atom stereocenters. The molecule has 10 heteroatoms. The quantitative estimate of drug-likeness (QED) is 0.434. The predicted octanol–water partition coefficient (Wildman–Crippen LogP) is 3.77. The van der Waals surface area contributed by atoms with Crippen LogP contribution in [0.5, 0.6) is 0 Å². The number of hydrogen-bond acceptors (Lipinski definition) is 6. The van der Waals surface area contributed by atoms with E-state index >= 15 is 0 Å². The molecule has 2 N–H and O–H groups in total. The van der Waals surface area contributed by atoms with Gasteiger partial charge in [0.2, 0.25) is 15.9 Å². The van der Waals surface area contributed by atoms with E-state index in [0.29, 0.717) is 30.6 Å². The molecule has 188 valence electrons. The molecule has 1 saturated heterocycles. The van der Waals surface area contributed by atoms with Crippen molar-refractivity contribution in [1.82, 2.24) is 14.6 Å². The number of sulfonamides is 1. The van der Waals surface area contributed by atoms with Crippen molar-refractivity contribution < 1.29 is 18.0 Å². The highest BCUT2D eigenvalue weighted by molar-refractivity contribution is 7.98. The van der Waals surface area contributed by atoms with Crippen molar-refractivity contribution >= 4 is 39.3 Å². The molecule has 0 radical (unpaired) electrons. The van der Waals surface area contributed by atoms with Gasteiger partial charge in [-0.25, -0.2) is 8.42 Å². The molecule has 36 heavy (non-hydrogen) atoms. The fraction of sp³-hybridized carbons (Fsp3) is 0.269. The van der Waals surface area contributed by atoms with Crippen molar-refractivity contribution in [2.24, 2.45) is 5.92 Å². The first-order valence-electron chi connectivity index (χ1n) is 11.6. The van der Waals surface area contributed by atoms with Crippen LogP contribution in [0.4, 0.5) is 5.69 Å². The lowest BCUT2D eigenvalue weighted by Gasteiger charge is -2.30. The molecule has 0 atom stereocenters. The van der Waals surface area contributed by atoms with E-state index in [4.69, 9.17) is 0 Å². The molecule has 1 aliphatic rings. The van der Waals surface area contributed by atoms with Crippen molar-refractivity contribution in [1.29, 1.82) is 0 Å². The van der Waals surface area contributed by atoms with Crippen LogP contribution in [0.3, 0.4) is 0 Å². The number of para-hydroxylation sites is 1. The van der Waals surface area contributed by atoms with Gasteiger partial charge in [0.25, 0.3) is 5.91 Å². The number of nitrogens with zero attached hydrogens (tertiary/aromatic N) is 2. The molecule has 1 aromatic heterocycles. The van der Waals surface area contributed by atoms with Gasteiger partial charge in [-0.1, -0.05) is 18.2 Å². The number of benzene rings is 2. The normalized spacial score (nSPS) is 14.8. The number of aromatic nitrogens is 1. The van der Waals surface area contributed by atoms with Crippen LogP contribution >= 0.6 is 11.8 Å². The molecular weight excluding hydrogens is 496 g/mol. The summed E-state index contributed by atoms with van der Waals surface area (Å²) in [6.45, 7) is 0.845. The molecule has 2 aromatic carbocycles. The van der Waals surface area contributed by atoms with Crippen LogP contribution in [-0.2, 0) is 21.4 Å². The summed E-state index contributed by atoms with van der Waals surface area (Å²) in [4.78, 5) is 31.1. The lowest BCUT2D eigenvalue weighted by Crippen LogP contribution is -2.41. The first-order chi connectivity index (χ1) is 17.4. The second kappa shape index (κ2) is 11.7. The minimum atomic E-state index is -3.61. The van der Waals surface area contributed by atoms with Gasteiger partial charge in [0.15, 0.2) is 0 Å². The number of rotatable bonds is 8. The van der Waals surface area contributed by atoms with Gasteiger partial charge < -0.3 is 10.6 Å². The van der Waals surface area contributed by atoms with Crippen LogP contribution in [0.15, 0.2) is 82.8 Å². The molecule has 0 bridgehead atoms. The lowest BCUT2D eigenvalue weighted by atomic mass is 9.97. The van der Waals surface area contributed by atoms with Gasteiger partial charge in [0, 0.05) is 42.8 Å². The Morgan fingerprint density at radius 1 is 1.03 bits per heavy atom. The number of pyridine rings is 1. The summed E-state index contributed by atoms with van der Waals surface area (Å²) in [7, 11) is -3.61. The van der Waals surface area contributed by atoms with E-state index in [9.17, 15) is 18.0 Å². The highest BCUT2D eigenvalue weighted by Crippen LogP contribution is 2.27. The molecule has 4 rings (SSSR count). The maximum absolute atomic E-state index is 13.0. The number of anilines is 1. The first-order valence-corrected chi connectivity index (χ1v) is 14.3. The number of piperidine rings is 1. The molecular formula is C26H28N4O4S2. The van der Waals surface area contributed by atoms with Gasteiger partial charge in [-0.05, 0) is 67.1 Å². The predicted molar refractivity (Wildman–Crippen MR) is 140 cm³/mol. The number of amides is 2. The van der Waals surface area contributed by atoms with Crippen molar-refractivity contribution in [2.45, 2.75) is 29.2 Å². The molecule has 3 aromatic rings. The van der Waals surface area contributed by atoms with E-state index < -0.39 is 10.0 Å². The highest BCUT2D eigenvalue weighted by Gasteiger charge is 2.32. The summed E-state index contributed by atoms with van der Waals surface area (Å²) in [5.41, 5.74) is 1.66. The van der Waals surface area contributed by atoms with Crippen molar-refractivity contribution in [3.05, 3.63) is 84.2 Å². The Morgan fingerprint density at radius 3 is 2.42 bits per heavy atom. The van der Waals surface area contributed by atoms with Crippen molar-refractivity contribution in [2.75, 3.05) is 24.7 Å². The smallest absolute Gasteiger partial charge is 0.253 e. The average Bonchev–Trinajstić information content (AvgIpc) is 2.92. The van der Waals surface area contributed by atoms with Crippen LogP contribution < -0.4 is 10.6 Å². The van der Waals surface area contributed by atoms with E-state index in [-0.39, 0.29) is 35.7 Å². The Kier molecular flexibility index (Phi) is 8.40. The lowest BCUT2D eigenvalue weighted by molar-refractivity contribution is -0.120. The summed E-state index contributed by atoms with van der Waals surface area (Å²) in [5, 5.41) is 5.72. The Hall–Kier alpha value is -3.21. The van der Waals surface area contributed by atoms with Crippen LogP contribution in [0.2, 0.25) is 0 Å². The second-order valence-corrected chi connectivity index (χ2v) is 11.3. The zero-order valence-corrected chi connectivity index (χ0v) is 21.5. The number of carbonyl (C=O) groups is 2. The third-order valence-electron chi connectivity index (χ3n) is 6.13. The summed E-state index contributed by atoms with van der Waals surface area (Å²) >= 11 is 1.55. The molecule has 1 aliphatic heterocycles. The second-order valence-electron chi connectivity index (χ2n) is 8.43. The monoisotopic (exact) mass is 524 g/mol. The standard InChI is InChI=1S/C26H28N4O4S2/c1-35-21-8-10-22(11-9-21)36(33,34)30-15-12-20(13-16-30)25(31)29-24-7-3-2-6-23(24)26(32)28-18-19-5-4-14-27-17-19/h2-11,14,17,20H,12-13,15-16,18H2,1H3,(H,28,32)(H,29,31). The number of hydrogen-bond donors (Lipinski definition) is 2. The maximum Gasteiger partial charge on any atom is 0.253 e.